The van der Waals surface area contributed by atoms with Crippen molar-refractivity contribution in [1.29, 1.82) is 0 Å². The molecule has 0 radical (unpaired) electrons. The van der Waals surface area contributed by atoms with Gasteiger partial charge in [-0.15, -0.1) is 0 Å². The van der Waals surface area contributed by atoms with Crippen LogP contribution in [0.1, 0.15) is 42.4 Å². The standard InChI is InChI=1S/C30H31Cl2N3O3/c31-21-8-4-7-20(15-21)18-30(25-14-9-22(32)17-26(25)34-29(30)38)35-27(16-19-5-2-1-3-6-19)28(37)33-23-10-12-24(36)13-11-23/h1-9,14-15,17,23-24,27,35-36H,10-13,16,18H2,(H,33,37)(H,34,38). The lowest BCUT2D eigenvalue weighted by molar-refractivity contribution is -0.127. The lowest BCUT2D eigenvalue weighted by Crippen LogP contribution is -2.59. The van der Waals surface area contributed by atoms with Gasteiger partial charge in [-0.05, 0) is 67.5 Å². The largest absolute Gasteiger partial charge is 0.393 e. The summed E-state index contributed by atoms with van der Waals surface area (Å²) >= 11 is 12.6. The summed E-state index contributed by atoms with van der Waals surface area (Å²) in [7, 11) is 0. The number of halogens is 2. The van der Waals surface area contributed by atoms with Crippen molar-refractivity contribution in [3.63, 3.8) is 0 Å². The van der Waals surface area contributed by atoms with E-state index >= 15 is 0 Å². The van der Waals surface area contributed by atoms with Gasteiger partial charge in [0.2, 0.25) is 11.8 Å². The van der Waals surface area contributed by atoms with Crippen LogP contribution in [0.15, 0.2) is 72.8 Å². The number of fused-ring (bicyclic) bond motifs is 1. The number of carbonyl (C=O) groups is 2. The van der Waals surface area contributed by atoms with Crippen LogP contribution in [0.3, 0.4) is 0 Å². The van der Waals surface area contributed by atoms with E-state index in [1.807, 2.05) is 54.6 Å². The molecule has 0 aromatic heterocycles. The van der Waals surface area contributed by atoms with Crippen LogP contribution < -0.4 is 16.0 Å². The van der Waals surface area contributed by atoms with Gasteiger partial charge in [0.1, 0.15) is 5.54 Å². The summed E-state index contributed by atoms with van der Waals surface area (Å²) in [6.07, 6.45) is 3.15. The van der Waals surface area contributed by atoms with E-state index in [2.05, 4.69) is 16.0 Å². The van der Waals surface area contributed by atoms with Crippen molar-refractivity contribution in [2.75, 3.05) is 5.32 Å². The average Bonchev–Trinajstić information content (AvgIpc) is 3.15. The summed E-state index contributed by atoms with van der Waals surface area (Å²) < 4.78 is 0. The number of aliphatic hydroxyl groups is 1. The molecule has 1 aliphatic heterocycles. The van der Waals surface area contributed by atoms with Crippen molar-refractivity contribution in [2.45, 2.75) is 62.3 Å². The van der Waals surface area contributed by atoms with Crippen LogP contribution >= 0.6 is 23.2 Å². The topological polar surface area (TPSA) is 90.5 Å². The smallest absolute Gasteiger partial charge is 0.249 e. The monoisotopic (exact) mass is 551 g/mol. The van der Waals surface area contributed by atoms with Crippen molar-refractivity contribution < 1.29 is 14.7 Å². The summed E-state index contributed by atoms with van der Waals surface area (Å²) in [4.78, 5) is 27.6. The number of carbonyl (C=O) groups excluding carboxylic acids is 2. The normalized spacial score (nSPS) is 23.4. The Morgan fingerprint density at radius 2 is 1.66 bits per heavy atom. The Morgan fingerprint density at radius 1 is 0.947 bits per heavy atom. The minimum Gasteiger partial charge on any atom is -0.393 e. The predicted octanol–water partition coefficient (Wildman–Crippen LogP) is 5.00. The van der Waals surface area contributed by atoms with Crippen LogP contribution in [-0.4, -0.2) is 35.1 Å². The van der Waals surface area contributed by atoms with Crippen LogP contribution in [0.25, 0.3) is 0 Å². The quantitative estimate of drug-likeness (QED) is 0.317. The van der Waals surface area contributed by atoms with Gasteiger partial charge in [-0.3, -0.25) is 14.9 Å². The molecule has 5 rings (SSSR count). The molecule has 3 aromatic carbocycles. The van der Waals surface area contributed by atoms with E-state index in [9.17, 15) is 14.7 Å². The lowest BCUT2D eigenvalue weighted by atomic mass is 9.83. The number of benzene rings is 3. The molecular weight excluding hydrogens is 521 g/mol. The molecule has 8 heteroatoms. The van der Waals surface area contributed by atoms with Crippen molar-refractivity contribution in [3.8, 4) is 0 Å². The SMILES string of the molecule is O=C(NC1CCC(O)CC1)C(Cc1ccccc1)NC1(Cc2cccc(Cl)c2)C(=O)Nc2cc(Cl)ccc21. The van der Waals surface area contributed by atoms with Gasteiger partial charge in [-0.1, -0.05) is 71.7 Å². The number of aliphatic hydroxyl groups excluding tert-OH is 1. The van der Waals surface area contributed by atoms with Gasteiger partial charge in [-0.2, -0.15) is 0 Å². The fourth-order valence-corrected chi connectivity index (χ4v) is 5.93. The molecule has 0 saturated heterocycles. The second-order valence-corrected chi connectivity index (χ2v) is 11.1. The van der Waals surface area contributed by atoms with Crippen molar-refractivity contribution in [1.82, 2.24) is 10.6 Å². The van der Waals surface area contributed by atoms with Crippen LogP contribution in [0.4, 0.5) is 5.69 Å². The maximum atomic E-state index is 13.8. The molecule has 2 unspecified atom stereocenters. The Kier molecular flexibility index (Phi) is 8.05. The second kappa shape index (κ2) is 11.5. The molecule has 1 fully saturated rings. The summed E-state index contributed by atoms with van der Waals surface area (Å²) in [5.74, 6) is -0.419. The zero-order valence-corrected chi connectivity index (χ0v) is 22.4. The molecule has 0 spiro atoms. The summed E-state index contributed by atoms with van der Waals surface area (Å²) in [5.41, 5.74) is 1.98. The van der Waals surface area contributed by atoms with E-state index < -0.39 is 11.6 Å². The molecule has 3 aromatic rings. The number of nitrogens with one attached hydrogen (secondary N) is 3. The van der Waals surface area contributed by atoms with E-state index in [1.165, 1.54) is 0 Å². The first-order chi connectivity index (χ1) is 18.3. The third kappa shape index (κ3) is 5.89. The van der Waals surface area contributed by atoms with Crippen LogP contribution in [-0.2, 0) is 28.0 Å². The van der Waals surface area contributed by atoms with Crippen molar-refractivity contribution >= 4 is 40.7 Å². The molecule has 6 nitrogen and oxygen atoms in total. The zero-order chi connectivity index (χ0) is 26.7. The van der Waals surface area contributed by atoms with Crippen molar-refractivity contribution in [3.05, 3.63) is 99.5 Å². The van der Waals surface area contributed by atoms with E-state index in [0.717, 1.165) is 29.5 Å². The summed E-state index contributed by atoms with van der Waals surface area (Å²) in [6.45, 7) is 0. The first-order valence-corrected chi connectivity index (χ1v) is 13.7. The molecule has 2 atom stereocenters. The fraction of sp³-hybridized carbons (Fsp3) is 0.333. The van der Waals surface area contributed by atoms with E-state index in [1.54, 1.807) is 18.2 Å². The van der Waals surface area contributed by atoms with Gasteiger partial charge in [0.25, 0.3) is 0 Å². The highest BCUT2D eigenvalue weighted by atomic mass is 35.5. The first-order valence-electron chi connectivity index (χ1n) is 13.0. The van der Waals surface area contributed by atoms with E-state index in [-0.39, 0.29) is 24.0 Å². The maximum absolute atomic E-state index is 13.8. The molecule has 4 N–H and O–H groups in total. The van der Waals surface area contributed by atoms with Crippen molar-refractivity contribution in [2.24, 2.45) is 0 Å². The predicted molar refractivity (Wildman–Crippen MR) is 150 cm³/mol. The Bertz CT molecular complexity index is 1310. The third-order valence-corrected chi connectivity index (χ3v) is 7.97. The second-order valence-electron chi connectivity index (χ2n) is 10.3. The minimum atomic E-state index is -1.22. The highest BCUT2D eigenvalue weighted by Gasteiger charge is 2.49. The van der Waals surface area contributed by atoms with E-state index in [0.29, 0.717) is 41.4 Å². The van der Waals surface area contributed by atoms with Gasteiger partial charge in [0, 0.05) is 33.8 Å². The highest BCUT2D eigenvalue weighted by Crippen LogP contribution is 2.40. The van der Waals surface area contributed by atoms with E-state index in [4.69, 9.17) is 23.2 Å². The minimum absolute atomic E-state index is 0.0154. The number of rotatable bonds is 8. The first kappa shape index (κ1) is 26.7. The Labute approximate surface area is 232 Å². The molecule has 1 saturated carbocycles. The van der Waals surface area contributed by atoms with Crippen LogP contribution in [0.5, 0.6) is 0 Å². The molecule has 1 aliphatic carbocycles. The number of hydrogen-bond donors (Lipinski definition) is 4. The third-order valence-electron chi connectivity index (χ3n) is 7.50. The Hall–Kier alpha value is -2.90. The van der Waals surface area contributed by atoms with Crippen LogP contribution in [0, 0.1) is 0 Å². The molecular formula is C30H31Cl2N3O3. The van der Waals surface area contributed by atoms with Crippen LogP contribution in [0.2, 0.25) is 10.0 Å². The number of amides is 2. The maximum Gasteiger partial charge on any atom is 0.249 e. The number of hydrogen-bond acceptors (Lipinski definition) is 4. The van der Waals surface area contributed by atoms with Gasteiger partial charge in [0.15, 0.2) is 0 Å². The van der Waals surface area contributed by atoms with Gasteiger partial charge in [-0.25, -0.2) is 0 Å². The van der Waals surface area contributed by atoms with Gasteiger partial charge in [0.05, 0.1) is 12.1 Å². The Morgan fingerprint density at radius 3 is 2.39 bits per heavy atom. The lowest BCUT2D eigenvalue weighted by Gasteiger charge is -2.35. The molecule has 1 heterocycles. The molecule has 38 heavy (non-hydrogen) atoms. The summed E-state index contributed by atoms with van der Waals surface area (Å²) in [6, 6.07) is 21.8. The summed E-state index contributed by atoms with van der Waals surface area (Å²) in [5, 5.41) is 20.7. The highest BCUT2D eigenvalue weighted by molar-refractivity contribution is 6.31. The average molecular weight is 553 g/mol. The molecule has 0 bridgehead atoms. The Balaban J connectivity index is 1.51. The zero-order valence-electron chi connectivity index (χ0n) is 20.9. The molecule has 198 valence electrons. The molecule has 2 aliphatic rings. The van der Waals surface area contributed by atoms with Gasteiger partial charge >= 0.3 is 0 Å². The fourth-order valence-electron chi connectivity index (χ4n) is 5.54. The number of anilines is 1. The molecule has 2 amide bonds. The van der Waals surface area contributed by atoms with Gasteiger partial charge < -0.3 is 15.7 Å².